The number of aryl methyl sites for hydroxylation is 3. The lowest BCUT2D eigenvalue weighted by Crippen LogP contribution is -2.12. The van der Waals surface area contributed by atoms with Gasteiger partial charge in [-0.15, -0.1) is 0 Å². The fourth-order valence-corrected chi connectivity index (χ4v) is 3.03. The van der Waals surface area contributed by atoms with E-state index >= 15 is 0 Å². The molecule has 0 fully saturated rings. The molecule has 0 bridgehead atoms. The molecule has 1 aromatic heterocycles. The molecule has 0 radical (unpaired) electrons. The minimum Gasteiger partial charge on any atom is -0.497 e. The molecular formula is C18H23N3O. The van der Waals surface area contributed by atoms with E-state index in [4.69, 9.17) is 9.72 Å². The van der Waals surface area contributed by atoms with Crippen LogP contribution in [-0.4, -0.2) is 17.1 Å². The topological polar surface area (TPSA) is 47.0 Å². The number of nitrogens with zero attached hydrogens (tertiary/aromatic N) is 2. The number of rotatable bonds is 5. The maximum atomic E-state index is 5.32. The Kier molecular flexibility index (Phi) is 4.27. The second-order valence-corrected chi connectivity index (χ2v) is 5.66. The molecule has 1 heterocycles. The van der Waals surface area contributed by atoms with Gasteiger partial charge in [-0.2, -0.15) is 0 Å². The number of ether oxygens (including phenoxy) is 1. The van der Waals surface area contributed by atoms with Crippen molar-refractivity contribution in [3.63, 3.8) is 0 Å². The van der Waals surface area contributed by atoms with E-state index in [1.807, 2.05) is 12.3 Å². The Morgan fingerprint density at radius 2 is 2.14 bits per heavy atom. The van der Waals surface area contributed by atoms with Crippen LogP contribution in [0.25, 0.3) is 0 Å². The highest BCUT2D eigenvalue weighted by atomic mass is 16.5. The zero-order chi connectivity index (χ0) is 15.5. The van der Waals surface area contributed by atoms with E-state index in [1.54, 1.807) is 7.11 Å². The summed E-state index contributed by atoms with van der Waals surface area (Å²) in [5.41, 5.74) is 4.80. The van der Waals surface area contributed by atoms with Gasteiger partial charge in [0, 0.05) is 6.20 Å². The molecular weight excluding hydrogens is 274 g/mol. The van der Waals surface area contributed by atoms with Crippen molar-refractivity contribution in [3.05, 3.63) is 46.9 Å². The van der Waals surface area contributed by atoms with Gasteiger partial charge in [0.15, 0.2) is 0 Å². The lowest BCUT2D eigenvalue weighted by molar-refractivity contribution is 0.414. The van der Waals surface area contributed by atoms with Crippen LogP contribution in [0.2, 0.25) is 0 Å². The fourth-order valence-electron chi connectivity index (χ4n) is 3.03. The van der Waals surface area contributed by atoms with Crippen LogP contribution in [0.15, 0.2) is 24.4 Å². The van der Waals surface area contributed by atoms with Gasteiger partial charge >= 0.3 is 0 Å². The van der Waals surface area contributed by atoms with E-state index in [0.717, 1.165) is 48.6 Å². The Morgan fingerprint density at radius 3 is 2.86 bits per heavy atom. The molecule has 22 heavy (non-hydrogen) atoms. The van der Waals surface area contributed by atoms with Gasteiger partial charge in [-0.3, -0.25) is 4.98 Å². The molecule has 1 N–H and O–H groups in total. The predicted molar refractivity (Wildman–Crippen MR) is 88.5 cm³/mol. The minimum absolute atomic E-state index is 0.313. The van der Waals surface area contributed by atoms with Crippen LogP contribution in [0.3, 0.4) is 0 Å². The van der Waals surface area contributed by atoms with Crippen LogP contribution in [0.4, 0.5) is 5.82 Å². The Balaban J connectivity index is 1.87. The van der Waals surface area contributed by atoms with Gasteiger partial charge < -0.3 is 10.1 Å². The van der Waals surface area contributed by atoms with Crippen molar-refractivity contribution >= 4 is 5.82 Å². The van der Waals surface area contributed by atoms with Gasteiger partial charge in [-0.05, 0) is 48.9 Å². The van der Waals surface area contributed by atoms with Gasteiger partial charge in [-0.1, -0.05) is 19.9 Å². The normalized spacial score (nSPS) is 16.4. The third-order valence-corrected chi connectivity index (χ3v) is 4.33. The zero-order valence-corrected chi connectivity index (χ0v) is 13.5. The summed E-state index contributed by atoms with van der Waals surface area (Å²) in [6.07, 6.45) is 5.85. The number of hydrogen-bond acceptors (Lipinski definition) is 4. The van der Waals surface area contributed by atoms with Gasteiger partial charge in [-0.25, -0.2) is 4.98 Å². The van der Waals surface area contributed by atoms with E-state index in [9.17, 15) is 0 Å². The summed E-state index contributed by atoms with van der Waals surface area (Å²) in [7, 11) is 1.71. The molecule has 3 rings (SSSR count). The second kappa shape index (κ2) is 6.34. The molecule has 4 heteroatoms. The predicted octanol–water partition coefficient (Wildman–Crippen LogP) is 3.71. The first-order chi connectivity index (χ1) is 10.7. The summed E-state index contributed by atoms with van der Waals surface area (Å²) < 4.78 is 5.32. The highest BCUT2D eigenvalue weighted by Crippen LogP contribution is 2.36. The molecule has 4 nitrogen and oxygen atoms in total. The smallest absolute Gasteiger partial charge is 0.148 e. The standard InChI is InChI=1S/C18H23N3O/c1-4-13-11-19-16(5-2)18(20-13)21-17-9-6-12-10-14(22-3)7-8-15(12)17/h7-8,10-11,17H,4-6,9H2,1-3H3,(H,20,21). The summed E-state index contributed by atoms with van der Waals surface area (Å²) in [5.74, 6) is 1.87. The third kappa shape index (κ3) is 2.78. The zero-order valence-electron chi connectivity index (χ0n) is 13.5. The van der Waals surface area contributed by atoms with Crippen molar-refractivity contribution in [1.82, 2.24) is 9.97 Å². The molecule has 1 unspecified atom stereocenters. The average molecular weight is 297 g/mol. The van der Waals surface area contributed by atoms with Gasteiger partial charge in [0.1, 0.15) is 11.6 Å². The van der Waals surface area contributed by atoms with Crippen LogP contribution >= 0.6 is 0 Å². The van der Waals surface area contributed by atoms with Gasteiger partial charge in [0.2, 0.25) is 0 Å². The number of methoxy groups -OCH3 is 1. The van der Waals surface area contributed by atoms with Crippen LogP contribution in [-0.2, 0) is 19.3 Å². The summed E-state index contributed by atoms with van der Waals surface area (Å²) in [5, 5.41) is 3.61. The molecule has 0 amide bonds. The van der Waals surface area contributed by atoms with Crippen LogP contribution in [0.5, 0.6) is 5.75 Å². The van der Waals surface area contributed by atoms with Crippen LogP contribution in [0.1, 0.15) is 48.8 Å². The van der Waals surface area contributed by atoms with Crippen molar-refractivity contribution in [1.29, 1.82) is 0 Å². The van der Waals surface area contributed by atoms with Crippen molar-refractivity contribution in [2.45, 2.75) is 45.6 Å². The summed E-state index contributed by atoms with van der Waals surface area (Å²) >= 11 is 0. The molecule has 1 atom stereocenters. The molecule has 2 aromatic rings. The summed E-state index contributed by atoms with van der Waals surface area (Å²) in [4.78, 5) is 9.28. The lowest BCUT2D eigenvalue weighted by Gasteiger charge is -2.17. The molecule has 1 aromatic carbocycles. The lowest BCUT2D eigenvalue weighted by atomic mass is 10.1. The van der Waals surface area contributed by atoms with Crippen molar-refractivity contribution < 1.29 is 4.74 Å². The maximum Gasteiger partial charge on any atom is 0.148 e. The first kappa shape index (κ1) is 14.8. The highest BCUT2D eigenvalue weighted by molar-refractivity contribution is 5.48. The second-order valence-electron chi connectivity index (χ2n) is 5.66. The van der Waals surface area contributed by atoms with Gasteiger partial charge in [0.05, 0.1) is 24.5 Å². The Morgan fingerprint density at radius 1 is 1.27 bits per heavy atom. The van der Waals surface area contributed by atoms with Crippen molar-refractivity contribution in [2.75, 3.05) is 12.4 Å². The number of fused-ring (bicyclic) bond motifs is 1. The maximum absolute atomic E-state index is 5.32. The molecule has 1 aliphatic rings. The van der Waals surface area contributed by atoms with E-state index in [2.05, 4.69) is 36.3 Å². The van der Waals surface area contributed by atoms with E-state index < -0.39 is 0 Å². The molecule has 0 spiro atoms. The van der Waals surface area contributed by atoms with E-state index in [0.29, 0.717) is 6.04 Å². The van der Waals surface area contributed by atoms with Gasteiger partial charge in [0.25, 0.3) is 0 Å². The molecule has 0 aliphatic heterocycles. The third-order valence-electron chi connectivity index (χ3n) is 4.33. The number of benzene rings is 1. The molecule has 1 aliphatic carbocycles. The Hall–Kier alpha value is -2.10. The van der Waals surface area contributed by atoms with Crippen molar-refractivity contribution in [2.24, 2.45) is 0 Å². The van der Waals surface area contributed by atoms with Crippen LogP contribution in [0, 0.1) is 0 Å². The quantitative estimate of drug-likeness (QED) is 0.914. The Labute approximate surface area is 132 Å². The average Bonchev–Trinajstić information content (AvgIpc) is 2.96. The number of aromatic nitrogens is 2. The van der Waals surface area contributed by atoms with Crippen LogP contribution < -0.4 is 10.1 Å². The SMILES string of the molecule is CCc1cnc(CC)c(NC2CCc3cc(OC)ccc32)n1. The Bertz CT molecular complexity index is 669. The first-order valence-electron chi connectivity index (χ1n) is 8.03. The van der Waals surface area contributed by atoms with Crippen molar-refractivity contribution in [3.8, 4) is 5.75 Å². The summed E-state index contributed by atoms with van der Waals surface area (Å²) in [6, 6.07) is 6.66. The van der Waals surface area contributed by atoms with E-state index in [1.165, 1.54) is 11.1 Å². The first-order valence-corrected chi connectivity index (χ1v) is 8.03. The highest BCUT2D eigenvalue weighted by Gasteiger charge is 2.24. The number of hydrogen-bond donors (Lipinski definition) is 1. The minimum atomic E-state index is 0.313. The fraction of sp³-hybridized carbons (Fsp3) is 0.444. The number of nitrogens with one attached hydrogen (secondary N) is 1. The molecule has 0 saturated heterocycles. The monoisotopic (exact) mass is 297 g/mol. The molecule has 0 saturated carbocycles. The summed E-state index contributed by atoms with van der Waals surface area (Å²) in [6.45, 7) is 4.23. The number of anilines is 1. The van der Waals surface area contributed by atoms with E-state index in [-0.39, 0.29) is 0 Å². The largest absolute Gasteiger partial charge is 0.497 e. The molecule has 116 valence electrons.